The minimum Gasteiger partial charge on any atom is -0.444 e. The van der Waals surface area contributed by atoms with Crippen molar-refractivity contribution < 1.29 is 9.53 Å². The van der Waals surface area contributed by atoms with Crippen LogP contribution < -0.4 is 4.90 Å². The molecule has 5 nitrogen and oxygen atoms in total. The van der Waals surface area contributed by atoms with E-state index in [1.807, 2.05) is 39.1 Å². The fraction of sp³-hybridized carbons (Fsp3) is 0.500. The summed E-state index contributed by atoms with van der Waals surface area (Å²) >= 11 is 0. The Bertz CT molecular complexity index is 497. The van der Waals surface area contributed by atoms with Gasteiger partial charge in [-0.15, -0.1) is 0 Å². The van der Waals surface area contributed by atoms with Gasteiger partial charge in [-0.2, -0.15) is 0 Å². The lowest BCUT2D eigenvalue weighted by Gasteiger charge is -2.36. The zero-order valence-electron chi connectivity index (χ0n) is 13.0. The highest BCUT2D eigenvalue weighted by molar-refractivity contribution is 5.68. The maximum Gasteiger partial charge on any atom is 0.410 e. The summed E-state index contributed by atoms with van der Waals surface area (Å²) in [5, 5.41) is 0. The molecule has 114 valence electrons. The smallest absolute Gasteiger partial charge is 0.410 e. The number of rotatable bonds is 2. The quantitative estimate of drug-likeness (QED) is 0.840. The Morgan fingerprint density at radius 2 is 1.95 bits per heavy atom. The SMILES string of the molecule is C=Cc1ccc(N2CCN(C(=O)OC(C)(C)C)CC2)cn1. The van der Waals surface area contributed by atoms with Crippen LogP contribution in [0.1, 0.15) is 26.5 Å². The lowest BCUT2D eigenvalue weighted by atomic mass is 10.2. The first-order chi connectivity index (χ1) is 9.89. The number of hydrogen-bond acceptors (Lipinski definition) is 4. The summed E-state index contributed by atoms with van der Waals surface area (Å²) in [4.78, 5) is 20.3. The Hall–Kier alpha value is -2.04. The molecule has 0 N–H and O–H groups in total. The second kappa shape index (κ2) is 6.16. The number of piperazine rings is 1. The van der Waals surface area contributed by atoms with Crippen molar-refractivity contribution in [3.8, 4) is 0 Å². The van der Waals surface area contributed by atoms with Crippen molar-refractivity contribution in [1.29, 1.82) is 0 Å². The molecule has 2 heterocycles. The van der Waals surface area contributed by atoms with Crippen LogP contribution in [0.15, 0.2) is 24.9 Å². The highest BCUT2D eigenvalue weighted by Crippen LogP contribution is 2.17. The van der Waals surface area contributed by atoms with Crippen molar-refractivity contribution in [2.24, 2.45) is 0 Å². The van der Waals surface area contributed by atoms with Crippen LogP contribution in [0.25, 0.3) is 6.08 Å². The van der Waals surface area contributed by atoms with Crippen LogP contribution in [0, 0.1) is 0 Å². The number of hydrogen-bond donors (Lipinski definition) is 0. The molecule has 0 radical (unpaired) electrons. The number of nitrogens with zero attached hydrogens (tertiary/aromatic N) is 3. The van der Waals surface area contributed by atoms with E-state index in [-0.39, 0.29) is 6.09 Å². The Labute approximate surface area is 126 Å². The van der Waals surface area contributed by atoms with Gasteiger partial charge in [0.25, 0.3) is 0 Å². The van der Waals surface area contributed by atoms with Crippen LogP contribution in [0.5, 0.6) is 0 Å². The van der Waals surface area contributed by atoms with Crippen LogP contribution in [0.4, 0.5) is 10.5 Å². The molecule has 1 aromatic heterocycles. The predicted octanol–water partition coefficient (Wildman–Crippen LogP) is 2.78. The summed E-state index contributed by atoms with van der Waals surface area (Å²) in [6.07, 6.45) is 3.34. The first-order valence-corrected chi connectivity index (χ1v) is 7.20. The summed E-state index contributed by atoms with van der Waals surface area (Å²) in [5.41, 5.74) is 1.49. The molecule has 0 spiro atoms. The predicted molar refractivity (Wildman–Crippen MR) is 84.3 cm³/mol. The maximum absolute atomic E-state index is 12.0. The van der Waals surface area contributed by atoms with Gasteiger partial charge in [-0.05, 0) is 39.0 Å². The highest BCUT2D eigenvalue weighted by atomic mass is 16.6. The van der Waals surface area contributed by atoms with Crippen molar-refractivity contribution in [3.05, 3.63) is 30.6 Å². The number of aromatic nitrogens is 1. The van der Waals surface area contributed by atoms with E-state index < -0.39 is 5.60 Å². The molecule has 0 aliphatic carbocycles. The number of pyridine rings is 1. The van der Waals surface area contributed by atoms with E-state index in [1.165, 1.54) is 0 Å². The molecule has 1 amide bonds. The lowest BCUT2D eigenvalue weighted by molar-refractivity contribution is 0.0240. The second-order valence-corrected chi connectivity index (χ2v) is 6.10. The van der Waals surface area contributed by atoms with Crippen LogP contribution in [-0.4, -0.2) is 47.8 Å². The molecule has 2 rings (SSSR count). The van der Waals surface area contributed by atoms with Gasteiger partial charge in [-0.3, -0.25) is 4.98 Å². The summed E-state index contributed by atoms with van der Waals surface area (Å²) in [5.74, 6) is 0. The van der Waals surface area contributed by atoms with E-state index in [2.05, 4.69) is 16.5 Å². The number of carbonyl (C=O) groups is 1. The molecule has 0 bridgehead atoms. The first-order valence-electron chi connectivity index (χ1n) is 7.20. The normalized spacial score (nSPS) is 15.8. The third kappa shape index (κ3) is 4.21. The van der Waals surface area contributed by atoms with E-state index in [9.17, 15) is 4.79 Å². The fourth-order valence-electron chi connectivity index (χ4n) is 2.18. The highest BCUT2D eigenvalue weighted by Gasteiger charge is 2.25. The van der Waals surface area contributed by atoms with E-state index >= 15 is 0 Å². The summed E-state index contributed by atoms with van der Waals surface area (Å²) in [6.45, 7) is 12.2. The summed E-state index contributed by atoms with van der Waals surface area (Å²) in [6, 6.07) is 3.98. The second-order valence-electron chi connectivity index (χ2n) is 6.10. The molecular formula is C16H23N3O2. The van der Waals surface area contributed by atoms with Crippen molar-refractivity contribution in [3.63, 3.8) is 0 Å². The number of ether oxygens (including phenoxy) is 1. The molecule has 5 heteroatoms. The molecule has 1 saturated heterocycles. The van der Waals surface area contributed by atoms with E-state index in [0.29, 0.717) is 13.1 Å². The van der Waals surface area contributed by atoms with Gasteiger partial charge in [-0.1, -0.05) is 6.58 Å². The zero-order valence-corrected chi connectivity index (χ0v) is 13.0. The summed E-state index contributed by atoms with van der Waals surface area (Å²) < 4.78 is 5.39. The van der Waals surface area contributed by atoms with Crippen molar-refractivity contribution in [2.75, 3.05) is 31.1 Å². The number of carbonyl (C=O) groups excluding carboxylic acids is 1. The number of anilines is 1. The van der Waals surface area contributed by atoms with Gasteiger partial charge in [0.1, 0.15) is 5.60 Å². The molecule has 0 atom stereocenters. The molecule has 1 aromatic rings. The van der Waals surface area contributed by atoms with Gasteiger partial charge < -0.3 is 14.5 Å². The topological polar surface area (TPSA) is 45.7 Å². The monoisotopic (exact) mass is 289 g/mol. The standard InChI is InChI=1S/C16H23N3O2/c1-5-13-6-7-14(12-17-13)18-8-10-19(11-9-18)15(20)21-16(2,3)4/h5-7,12H,1,8-11H2,2-4H3. The lowest BCUT2D eigenvalue weighted by Crippen LogP contribution is -2.50. The van der Waals surface area contributed by atoms with Crippen LogP contribution >= 0.6 is 0 Å². The van der Waals surface area contributed by atoms with Crippen LogP contribution in [0.2, 0.25) is 0 Å². The zero-order chi connectivity index (χ0) is 15.5. The average molecular weight is 289 g/mol. The molecule has 0 aromatic carbocycles. The Morgan fingerprint density at radius 3 is 2.43 bits per heavy atom. The van der Waals surface area contributed by atoms with Gasteiger partial charge >= 0.3 is 6.09 Å². The number of amides is 1. The van der Waals surface area contributed by atoms with Crippen molar-refractivity contribution in [2.45, 2.75) is 26.4 Å². The van der Waals surface area contributed by atoms with Gasteiger partial charge in [-0.25, -0.2) is 4.79 Å². The van der Waals surface area contributed by atoms with Gasteiger partial charge in [0, 0.05) is 26.2 Å². The fourth-order valence-corrected chi connectivity index (χ4v) is 2.18. The largest absolute Gasteiger partial charge is 0.444 e. The molecule has 0 unspecified atom stereocenters. The molecule has 1 aliphatic heterocycles. The minimum atomic E-state index is -0.446. The first kappa shape index (κ1) is 15.4. The van der Waals surface area contributed by atoms with Crippen LogP contribution in [-0.2, 0) is 4.74 Å². The van der Waals surface area contributed by atoms with Gasteiger partial charge in [0.2, 0.25) is 0 Å². The summed E-state index contributed by atoms with van der Waals surface area (Å²) in [7, 11) is 0. The Kier molecular flexibility index (Phi) is 4.50. The minimum absolute atomic E-state index is 0.234. The molecule has 0 saturated carbocycles. The Morgan fingerprint density at radius 1 is 1.29 bits per heavy atom. The van der Waals surface area contributed by atoms with E-state index in [0.717, 1.165) is 24.5 Å². The van der Waals surface area contributed by atoms with Crippen molar-refractivity contribution >= 4 is 17.9 Å². The molecule has 1 fully saturated rings. The molecule has 1 aliphatic rings. The molecular weight excluding hydrogens is 266 g/mol. The van der Waals surface area contributed by atoms with Crippen LogP contribution in [0.3, 0.4) is 0 Å². The third-order valence-corrected chi connectivity index (χ3v) is 3.28. The van der Waals surface area contributed by atoms with E-state index in [4.69, 9.17) is 4.74 Å². The van der Waals surface area contributed by atoms with E-state index in [1.54, 1.807) is 11.0 Å². The molecule has 21 heavy (non-hydrogen) atoms. The maximum atomic E-state index is 12.0. The van der Waals surface area contributed by atoms with Gasteiger partial charge in [0.15, 0.2) is 0 Å². The van der Waals surface area contributed by atoms with Crippen molar-refractivity contribution in [1.82, 2.24) is 9.88 Å². The van der Waals surface area contributed by atoms with Gasteiger partial charge in [0.05, 0.1) is 17.6 Å². The average Bonchev–Trinajstić information content (AvgIpc) is 2.46. The Balaban J connectivity index is 1.90. The third-order valence-electron chi connectivity index (χ3n) is 3.28.